The summed E-state index contributed by atoms with van der Waals surface area (Å²) in [6.45, 7) is 7.82. The number of imidazole rings is 1. The fourth-order valence-electron chi connectivity index (χ4n) is 5.28. The van der Waals surface area contributed by atoms with E-state index in [-0.39, 0.29) is 5.54 Å². The van der Waals surface area contributed by atoms with Gasteiger partial charge in [0.2, 0.25) is 0 Å². The SMILES string of the molecule is CN(C)Cc1cncc(-c2ccc3[nH]nc(-c4nc5c([nH]4)C(C)(N4CCNCC4)CN=C5)c3c2)c1. The minimum absolute atomic E-state index is 0.201. The van der Waals surface area contributed by atoms with Crippen LogP contribution in [-0.2, 0) is 12.1 Å². The highest BCUT2D eigenvalue weighted by Gasteiger charge is 2.40. The van der Waals surface area contributed by atoms with Crippen LogP contribution in [0.1, 0.15) is 23.9 Å². The van der Waals surface area contributed by atoms with E-state index in [1.165, 1.54) is 5.56 Å². The number of pyridine rings is 1. The zero-order valence-electron chi connectivity index (χ0n) is 20.5. The van der Waals surface area contributed by atoms with Gasteiger partial charge in [0.1, 0.15) is 11.4 Å². The lowest BCUT2D eigenvalue weighted by Crippen LogP contribution is -2.55. The molecule has 4 aromatic rings. The van der Waals surface area contributed by atoms with Crippen molar-refractivity contribution < 1.29 is 0 Å². The number of nitrogens with one attached hydrogen (secondary N) is 3. The Kier molecular flexibility index (Phi) is 5.47. The maximum absolute atomic E-state index is 4.94. The molecule has 35 heavy (non-hydrogen) atoms. The Hall–Kier alpha value is -3.40. The molecule has 0 amide bonds. The first-order valence-electron chi connectivity index (χ1n) is 12.1. The lowest BCUT2D eigenvalue weighted by Gasteiger charge is -2.43. The number of rotatable bonds is 5. The molecule has 2 aliphatic heterocycles. The molecule has 2 aliphatic rings. The van der Waals surface area contributed by atoms with Crippen molar-refractivity contribution in [2.24, 2.45) is 4.99 Å². The minimum atomic E-state index is -0.201. The fourth-order valence-corrected chi connectivity index (χ4v) is 5.28. The molecule has 1 saturated heterocycles. The van der Waals surface area contributed by atoms with E-state index < -0.39 is 0 Å². The van der Waals surface area contributed by atoms with Gasteiger partial charge in [-0.1, -0.05) is 6.07 Å². The lowest BCUT2D eigenvalue weighted by molar-refractivity contribution is 0.0892. The third kappa shape index (κ3) is 3.95. The molecule has 3 N–H and O–H groups in total. The van der Waals surface area contributed by atoms with Gasteiger partial charge >= 0.3 is 0 Å². The van der Waals surface area contributed by atoms with Crippen LogP contribution < -0.4 is 5.32 Å². The van der Waals surface area contributed by atoms with Crippen LogP contribution >= 0.6 is 0 Å². The molecule has 180 valence electrons. The number of nitrogens with zero attached hydrogens (tertiary/aromatic N) is 6. The first kappa shape index (κ1) is 22.1. The van der Waals surface area contributed by atoms with E-state index in [1.54, 1.807) is 0 Å². The maximum atomic E-state index is 4.94. The second-order valence-electron chi connectivity index (χ2n) is 9.98. The molecule has 1 atom stereocenters. The monoisotopic (exact) mass is 469 g/mol. The molecule has 3 aromatic heterocycles. The zero-order valence-corrected chi connectivity index (χ0v) is 20.5. The van der Waals surface area contributed by atoms with Gasteiger partial charge in [-0.3, -0.25) is 20.0 Å². The van der Waals surface area contributed by atoms with Crippen molar-refractivity contribution in [1.82, 2.24) is 40.3 Å². The van der Waals surface area contributed by atoms with Gasteiger partial charge in [0, 0.05) is 62.3 Å². The largest absolute Gasteiger partial charge is 0.338 e. The Balaban J connectivity index is 1.39. The second-order valence-corrected chi connectivity index (χ2v) is 9.98. The number of fused-ring (bicyclic) bond motifs is 2. The van der Waals surface area contributed by atoms with E-state index in [0.29, 0.717) is 0 Å². The van der Waals surface area contributed by atoms with Gasteiger partial charge < -0.3 is 15.2 Å². The standard InChI is InChI=1S/C26H31N9/c1-26(35-8-6-27-7-9-35)16-29-14-22-24(26)31-25(30-22)23-20-11-18(4-5-21(20)32-33-23)19-10-17(12-28-13-19)15-34(2)3/h4-5,10-14,27H,6-9,15-16H2,1-3H3,(H,30,31)(H,32,33). The highest BCUT2D eigenvalue weighted by atomic mass is 15.3. The van der Waals surface area contributed by atoms with Crippen LogP contribution in [0, 0.1) is 0 Å². The van der Waals surface area contributed by atoms with Crippen molar-refractivity contribution in [2.75, 3.05) is 46.8 Å². The van der Waals surface area contributed by atoms with Crippen molar-refractivity contribution in [3.8, 4) is 22.6 Å². The molecule has 5 heterocycles. The van der Waals surface area contributed by atoms with Gasteiger partial charge in [0.25, 0.3) is 0 Å². The van der Waals surface area contributed by atoms with E-state index >= 15 is 0 Å². The predicted octanol–water partition coefficient (Wildman–Crippen LogP) is 2.63. The Labute approximate surface area is 204 Å². The van der Waals surface area contributed by atoms with E-state index in [9.17, 15) is 0 Å². The van der Waals surface area contributed by atoms with Gasteiger partial charge in [-0.2, -0.15) is 5.10 Å². The molecule has 6 rings (SSSR count). The second kappa shape index (κ2) is 8.67. The fraction of sp³-hybridized carbons (Fsp3) is 0.385. The molecule has 0 bridgehead atoms. The van der Waals surface area contributed by atoms with Gasteiger partial charge in [0.05, 0.1) is 23.3 Å². The van der Waals surface area contributed by atoms with Crippen LogP contribution in [0.4, 0.5) is 0 Å². The summed E-state index contributed by atoms with van der Waals surface area (Å²) in [4.78, 5) is 22.4. The minimum Gasteiger partial charge on any atom is -0.338 e. The molecule has 0 radical (unpaired) electrons. The Bertz CT molecular complexity index is 1390. The summed E-state index contributed by atoms with van der Waals surface area (Å²) in [5.74, 6) is 0.771. The molecule has 9 nitrogen and oxygen atoms in total. The van der Waals surface area contributed by atoms with Crippen molar-refractivity contribution >= 4 is 17.1 Å². The van der Waals surface area contributed by atoms with Crippen molar-refractivity contribution in [2.45, 2.75) is 19.0 Å². The molecule has 9 heteroatoms. The molecule has 0 saturated carbocycles. The highest BCUT2D eigenvalue weighted by molar-refractivity contribution is 5.95. The first-order chi connectivity index (χ1) is 17.0. The molecule has 1 unspecified atom stereocenters. The van der Waals surface area contributed by atoms with E-state index in [0.717, 1.165) is 84.2 Å². The van der Waals surface area contributed by atoms with E-state index in [2.05, 4.69) is 85.6 Å². The maximum Gasteiger partial charge on any atom is 0.159 e. The van der Waals surface area contributed by atoms with Crippen LogP contribution in [-0.4, -0.2) is 88.0 Å². The Morgan fingerprint density at radius 2 is 1.94 bits per heavy atom. The molecular weight excluding hydrogens is 438 g/mol. The molecule has 0 aliphatic carbocycles. The number of piperazine rings is 1. The summed E-state index contributed by atoms with van der Waals surface area (Å²) in [5.41, 5.74) is 7.02. The highest BCUT2D eigenvalue weighted by Crippen LogP contribution is 2.36. The Morgan fingerprint density at radius 3 is 2.77 bits per heavy atom. The number of aromatic nitrogens is 5. The summed E-state index contributed by atoms with van der Waals surface area (Å²) < 4.78 is 0. The van der Waals surface area contributed by atoms with Crippen LogP contribution in [0.5, 0.6) is 0 Å². The summed E-state index contributed by atoms with van der Waals surface area (Å²) >= 11 is 0. The average molecular weight is 470 g/mol. The summed E-state index contributed by atoms with van der Waals surface area (Å²) in [6, 6.07) is 8.57. The number of hydrogen-bond acceptors (Lipinski definition) is 7. The number of H-pyrrole nitrogens is 2. The number of benzene rings is 1. The van der Waals surface area contributed by atoms with E-state index in [4.69, 9.17) is 4.98 Å². The molecular formula is C26H31N9. The average Bonchev–Trinajstić information content (AvgIpc) is 3.49. The quantitative estimate of drug-likeness (QED) is 0.415. The normalized spacial score (nSPS) is 20.6. The van der Waals surface area contributed by atoms with Crippen LogP contribution in [0.25, 0.3) is 33.5 Å². The summed E-state index contributed by atoms with van der Waals surface area (Å²) in [6.07, 6.45) is 5.73. The summed E-state index contributed by atoms with van der Waals surface area (Å²) in [5, 5.41) is 12.3. The molecule has 1 aromatic carbocycles. The van der Waals surface area contributed by atoms with Crippen molar-refractivity contribution in [1.29, 1.82) is 0 Å². The molecule has 1 fully saturated rings. The zero-order chi connectivity index (χ0) is 24.0. The predicted molar refractivity (Wildman–Crippen MR) is 139 cm³/mol. The Morgan fingerprint density at radius 1 is 1.09 bits per heavy atom. The first-order valence-corrected chi connectivity index (χ1v) is 12.1. The van der Waals surface area contributed by atoms with Gasteiger partial charge in [0.15, 0.2) is 5.82 Å². The van der Waals surface area contributed by atoms with Crippen LogP contribution in [0.15, 0.2) is 41.7 Å². The number of aliphatic imine (C=N–C) groups is 1. The van der Waals surface area contributed by atoms with Gasteiger partial charge in [-0.25, -0.2) is 4.98 Å². The topological polar surface area (TPSA) is 101 Å². The third-order valence-electron chi connectivity index (χ3n) is 7.11. The van der Waals surface area contributed by atoms with Crippen molar-refractivity contribution in [3.05, 3.63) is 53.6 Å². The number of aromatic amines is 2. The molecule has 0 spiro atoms. The summed E-state index contributed by atoms with van der Waals surface area (Å²) in [7, 11) is 4.13. The van der Waals surface area contributed by atoms with E-state index in [1.807, 2.05) is 18.6 Å². The van der Waals surface area contributed by atoms with Gasteiger partial charge in [-0.05, 0) is 50.3 Å². The smallest absolute Gasteiger partial charge is 0.159 e. The third-order valence-corrected chi connectivity index (χ3v) is 7.11. The number of hydrogen-bond donors (Lipinski definition) is 3. The van der Waals surface area contributed by atoms with Crippen LogP contribution in [0.3, 0.4) is 0 Å². The van der Waals surface area contributed by atoms with Crippen LogP contribution in [0.2, 0.25) is 0 Å². The lowest BCUT2D eigenvalue weighted by atomic mass is 9.91. The van der Waals surface area contributed by atoms with Crippen molar-refractivity contribution in [3.63, 3.8) is 0 Å². The van der Waals surface area contributed by atoms with Gasteiger partial charge in [-0.15, -0.1) is 0 Å².